The van der Waals surface area contributed by atoms with E-state index in [1.165, 1.54) is 12.2 Å². The fourth-order valence-corrected chi connectivity index (χ4v) is 2.50. The molecule has 1 spiro atoms. The van der Waals surface area contributed by atoms with Gasteiger partial charge in [-0.2, -0.15) is 0 Å². The highest BCUT2D eigenvalue weighted by Crippen LogP contribution is 2.45. The molecule has 0 bridgehead atoms. The van der Waals surface area contributed by atoms with Gasteiger partial charge in [0.1, 0.15) is 5.75 Å². The van der Waals surface area contributed by atoms with Crippen LogP contribution in [0.4, 0.5) is 0 Å². The van der Waals surface area contributed by atoms with Crippen LogP contribution in [-0.4, -0.2) is 18.9 Å². The zero-order valence-corrected chi connectivity index (χ0v) is 10.6. The van der Waals surface area contributed by atoms with Crippen molar-refractivity contribution in [2.75, 3.05) is 7.11 Å². The second-order valence-electron chi connectivity index (χ2n) is 4.64. The number of aryl methyl sites for hydroxylation is 1. The number of ketones is 1. The minimum absolute atomic E-state index is 0.124. The molecule has 0 radical (unpaired) electrons. The average molecular weight is 256 g/mol. The number of benzene rings is 1. The van der Waals surface area contributed by atoms with Gasteiger partial charge in [-0.3, -0.25) is 4.79 Å². The number of methoxy groups -OCH3 is 1. The van der Waals surface area contributed by atoms with Gasteiger partial charge in [-0.05, 0) is 48.9 Å². The molecule has 1 heterocycles. The highest BCUT2D eigenvalue weighted by Gasteiger charge is 2.45. The maximum absolute atomic E-state index is 12.0. The lowest BCUT2D eigenvalue weighted by atomic mass is 9.87. The van der Waals surface area contributed by atoms with Crippen LogP contribution in [0.25, 0.3) is 0 Å². The molecule has 0 N–H and O–H groups in total. The van der Waals surface area contributed by atoms with Crippen LogP contribution in [0.15, 0.2) is 36.4 Å². The molecule has 2 aliphatic rings. The molecule has 1 aromatic carbocycles. The van der Waals surface area contributed by atoms with Crippen LogP contribution >= 0.6 is 0 Å². The zero-order valence-electron chi connectivity index (χ0n) is 10.6. The fourth-order valence-electron chi connectivity index (χ4n) is 2.50. The SMILES string of the molecule is COc1cc(C)cc2c1C1(C=CC(=O)C=C1)OC2=O. The van der Waals surface area contributed by atoms with Crippen molar-refractivity contribution in [3.63, 3.8) is 0 Å². The summed E-state index contributed by atoms with van der Waals surface area (Å²) in [6, 6.07) is 3.62. The Morgan fingerprint density at radius 3 is 2.47 bits per heavy atom. The van der Waals surface area contributed by atoms with Crippen molar-refractivity contribution in [1.29, 1.82) is 0 Å². The van der Waals surface area contributed by atoms with Gasteiger partial charge in [-0.1, -0.05) is 0 Å². The Labute approximate surface area is 110 Å². The van der Waals surface area contributed by atoms with Crippen molar-refractivity contribution in [3.8, 4) is 5.75 Å². The number of hydrogen-bond donors (Lipinski definition) is 0. The van der Waals surface area contributed by atoms with Gasteiger partial charge in [0.05, 0.1) is 18.2 Å². The number of esters is 1. The third-order valence-corrected chi connectivity index (χ3v) is 3.33. The predicted octanol–water partition coefficient (Wildman–Crippen LogP) is 2.06. The number of ether oxygens (including phenoxy) is 2. The molecule has 1 aliphatic heterocycles. The number of hydrogen-bond acceptors (Lipinski definition) is 4. The lowest BCUT2D eigenvalue weighted by molar-refractivity contribution is -0.110. The Hall–Kier alpha value is -2.36. The van der Waals surface area contributed by atoms with Crippen LogP contribution in [0.1, 0.15) is 21.5 Å². The highest BCUT2D eigenvalue weighted by atomic mass is 16.6. The van der Waals surface area contributed by atoms with E-state index in [2.05, 4.69) is 0 Å². The predicted molar refractivity (Wildman–Crippen MR) is 68.1 cm³/mol. The van der Waals surface area contributed by atoms with E-state index in [1.807, 2.05) is 13.0 Å². The number of rotatable bonds is 1. The molecular weight excluding hydrogens is 244 g/mol. The topological polar surface area (TPSA) is 52.6 Å². The van der Waals surface area contributed by atoms with Crippen LogP contribution in [-0.2, 0) is 15.1 Å². The summed E-state index contributed by atoms with van der Waals surface area (Å²) in [5, 5.41) is 0. The summed E-state index contributed by atoms with van der Waals surface area (Å²) >= 11 is 0. The van der Waals surface area contributed by atoms with Gasteiger partial charge >= 0.3 is 5.97 Å². The molecule has 0 unspecified atom stereocenters. The van der Waals surface area contributed by atoms with E-state index in [0.717, 1.165) is 5.56 Å². The summed E-state index contributed by atoms with van der Waals surface area (Å²) in [6.07, 6.45) is 6.00. The summed E-state index contributed by atoms with van der Waals surface area (Å²) in [4.78, 5) is 23.3. The zero-order chi connectivity index (χ0) is 13.6. The van der Waals surface area contributed by atoms with E-state index in [0.29, 0.717) is 16.9 Å². The molecule has 0 amide bonds. The Morgan fingerprint density at radius 2 is 1.84 bits per heavy atom. The molecule has 1 aliphatic carbocycles. The second-order valence-corrected chi connectivity index (χ2v) is 4.64. The van der Waals surface area contributed by atoms with Crippen LogP contribution in [0.2, 0.25) is 0 Å². The number of allylic oxidation sites excluding steroid dienone is 2. The second kappa shape index (κ2) is 3.82. The van der Waals surface area contributed by atoms with E-state index < -0.39 is 11.6 Å². The van der Waals surface area contributed by atoms with E-state index >= 15 is 0 Å². The lowest BCUT2D eigenvalue weighted by Crippen LogP contribution is -2.24. The van der Waals surface area contributed by atoms with Crippen LogP contribution in [0.5, 0.6) is 5.75 Å². The van der Waals surface area contributed by atoms with Crippen LogP contribution in [0, 0.1) is 6.92 Å². The number of carbonyl (C=O) groups is 2. The summed E-state index contributed by atoms with van der Waals surface area (Å²) in [7, 11) is 1.55. The van der Waals surface area contributed by atoms with Gasteiger partial charge < -0.3 is 9.47 Å². The Balaban J connectivity index is 2.27. The molecule has 0 aromatic heterocycles. The van der Waals surface area contributed by atoms with Crippen molar-refractivity contribution in [2.45, 2.75) is 12.5 Å². The molecule has 1 aromatic rings. The fraction of sp³-hybridized carbons (Fsp3) is 0.200. The normalized spacial score (nSPS) is 18.6. The summed E-state index contributed by atoms with van der Waals surface area (Å²) < 4.78 is 10.8. The Morgan fingerprint density at radius 1 is 1.16 bits per heavy atom. The monoisotopic (exact) mass is 256 g/mol. The molecule has 0 saturated carbocycles. The first-order valence-corrected chi connectivity index (χ1v) is 5.90. The van der Waals surface area contributed by atoms with Crippen LogP contribution < -0.4 is 4.74 Å². The summed E-state index contributed by atoms with van der Waals surface area (Å²) in [5.41, 5.74) is 1.05. The highest BCUT2D eigenvalue weighted by molar-refractivity contribution is 6.03. The standard InChI is InChI=1S/C15H12O4/c1-9-7-11-13(12(8-9)18-2)15(19-14(11)17)5-3-10(16)4-6-15/h3-8H,1-2H3. The third kappa shape index (κ3) is 1.60. The molecule has 0 atom stereocenters. The molecule has 0 fully saturated rings. The van der Waals surface area contributed by atoms with Gasteiger partial charge in [0.15, 0.2) is 11.4 Å². The Kier molecular flexibility index (Phi) is 2.35. The number of carbonyl (C=O) groups excluding carboxylic acids is 2. The van der Waals surface area contributed by atoms with E-state index in [1.54, 1.807) is 25.3 Å². The first-order chi connectivity index (χ1) is 9.05. The van der Waals surface area contributed by atoms with Gasteiger partial charge in [0.25, 0.3) is 0 Å². The molecule has 4 nitrogen and oxygen atoms in total. The molecule has 0 saturated heterocycles. The lowest BCUT2D eigenvalue weighted by Gasteiger charge is -2.24. The smallest absolute Gasteiger partial charge is 0.340 e. The van der Waals surface area contributed by atoms with E-state index in [9.17, 15) is 9.59 Å². The van der Waals surface area contributed by atoms with Gasteiger partial charge in [-0.15, -0.1) is 0 Å². The average Bonchev–Trinajstić information content (AvgIpc) is 2.66. The van der Waals surface area contributed by atoms with Gasteiger partial charge in [0.2, 0.25) is 0 Å². The Bertz CT molecular complexity index is 636. The van der Waals surface area contributed by atoms with Crippen molar-refractivity contribution < 1.29 is 19.1 Å². The first kappa shape index (κ1) is 11.7. The number of fused-ring (bicyclic) bond motifs is 2. The van der Waals surface area contributed by atoms with Crippen LogP contribution in [0.3, 0.4) is 0 Å². The molecule has 3 rings (SSSR count). The quantitative estimate of drug-likeness (QED) is 0.722. The van der Waals surface area contributed by atoms with E-state index in [4.69, 9.17) is 9.47 Å². The largest absolute Gasteiger partial charge is 0.496 e. The minimum atomic E-state index is -1.01. The molecule has 19 heavy (non-hydrogen) atoms. The minimum Gasteiger partial charge on any atom is -0.496 e. The van der Waals surface area contributed by atoms with Crippen molar-refractivity contribution in [2.24, 2.45) is 0 Å². The summed E-state index contributed by atoms with van der Waals surface area (Å²) in [6.45, 7) is 1.89. The molecular formula is C15H12O4. The van der Waals surface area contributed by atoms with E-state index in [-0.39, 0.29) is 5.78 Å². The van der Waals surface area contributed by atoms with Crippen molar-refractivity contribution in [1.82, 2.24) is 0 Å². The summed E-state index contributed by atoms with van der Waals surface area (Å²) in [5.74, 6) is 0.0614. The third-order valence-electron chi connectivity index (χ3n) is 3.33. The maximum Gasteiger partial charge on any atom is 0.340 e. The maximum atomic E-state index is 12.0. The molecule has 4 heteroatoms. The van der Waals surface area contributed by atoms with Gasteiger partial charge in [0, 0.05) is 0 Å². The first-order valence-electron chi connectivity index (χ1n) is 5.90. The molecule has 96 valence electrons. The van der Waals surface area contributed by atoms with Crippen molar-refractivity contribution >= 4 is 11.8 Å². The van der Waals surface area contributed by atoms with Gasteiger partial charge in [-0.25, -0.2) is 4.79 Å². The van der Waals surface area contributed by atoms with Crippen molar-refractivity contribution in [3.05, 3.63) is 53.1 Å².